The van der Waals surface area contributed by atoms with Gasteiger partial charge in [0.2, 0.25) is 0 Å². The number of hydrogen-bond acceptors (Lipinski definition) is 1. The van der Waals surface area contributed by atoms with Crippen molar-refractivity contribution in [3.63, 3.8) is 0 Å². The molecule has 0 aliphatic heterocycles. The first-order valence-corrected chi connectivity index (χ1v) is 9.03. The van der Waals surface area contributed by atoms with E-state index in [1.807, 2.05) is 0 Å². The van der Waals surface area contributed by atoms with Crippen LogP contribution in [0.4, 0.5) is 0 Å². The summed E-state index contributed by atoms with van der Waals surface area (Å²) >= 11 is 0. The summed E-state index contributed by atoms with van der Waals surface area (Å²) in [6.45, 7) is 4.43. The SMILES string of the molecule is CCCCCCCCCCCC(N)Cc1cccc(C)c1. The number of hydrogen-bond donors (Lipinski definition) is 1. The fraction of sp³-hybridized carbons (Fsp3) is 0.700. The number of unbranched alkanes of at least 4 members (excludes halogenated alkanes) is 8. The highest BCUT2D eigenvalue weighted by Crippen LogP contribution is 2.13. The van der Waals surface area contributed by atoms with Crippen LogP contribution in [0.1, 0.15) is 82.3 Å². The van der Waals surface area contributed by atoms with Crippen molar-refractivity contribution in [1.29, 1.82) is 0 Å². The zero-order chi connectivity index (χ0) is 15.3. The highest BCUT2D eigenvalue weighted by atomic mass is 14.6. The molecular formula is C20H35N. The fourth-order valence-electron chi connectivity index (χ4n) is 2.96. The number of nitrogens with two attached hydrogens (primary N) is 1. The molecule has 21 heavy (non-hydrogen) atoms. The highest BCUT2D eigenvalue weighted by molar-refractivity contribution is 5.22. The average Bonchev–Trinajstić information content (AvgIpc) is 2.45. The van der Waals surface area contributed by atoms with E-state index in [0.717, 1.165) is 6.42 Å². The quantitative estimate of drug-likeness (QED) is 0.484. The van der Waals surface area contributed by atoms with Crippen LogP contribution in [0.15, 0.2) is 24.3 Å². The Morgan fingerprint density at radius 3 is 2.14 bits per heavy atom. The van der Waals surface area contributed by atoms with Crippen molar-refractivity contribution in [2.45, 2.75) is 90.5 Å². The summed E-state index contributed by atoms with van der Waals surface area (Å²) in [6.07, 6.45) is 14.7. The summed E-state index contributed by atoms with van der Waals surface area (Å²) in [5, 5.41) is 0. The van der Waals surface area contributed by atoms with Crippen LogP contribution >= 0.6 is 0 Å². The molecule has 1 nitrogen and oxygen atoms in total. The predicted molar refractivity (Wildman–Crippen MR) is 94.7 cm³/mol. The minimum atomic E-state index is 0.330. The third-order valence-electron chi connectivity index (χ3n) is 4.26. The second-order valence-electron chi connectivity index (χ2n) is 6.57. The third kappa shape index (κ3) is 9.68. The van der Waals surface area contributed by atoms with Crippen molar-refractivity contribution in [3.05, 3.63) is 35.4 Å². The van der Waals surface area contributed by atoms with Crippen molar-refractivity contribution in [2.24, 2.45) is 5.73 Å². The lowest BCUT2D eigenvalue weighted by atomic mass is 9.99. The van der Waals surface area contributed by atoms with Gasteiger partial charge in [0.1, 0.15) is 0 Å². The van der Waals surface area contributed by atoms with Crippen molar-refractivity contribution in [3.8, 4) is 0 Å². The Hall–Kier alpha value is -0.820. The van der Waals surface area contributed by atoms with E-state index in [-0.39, 0.29) is 0 Å². The Kier molecular flexibility index (Phi) is 10.2. The van der Waals surface area contributed by atoms with Gasteiger partial charge in [-0.15, -0.1) is 0 Å². The van der Waals surface area contributed by atoms with Crippen molar-refractivity contribution in [2.75, 3.05) is 0 Å². The summed E-state index contributed by atoms with van der Waals surface area (Å²) in [5.74, 6) is 0. The van der Waals surface area contributed by atoms with E-state index in [1.54, 1.807) is 0 Å². The van der Waals surface area contributed by atoms with Crippen LogP contribution < -0.4 is 5.73 Å². The van der Waals surface area contributed by atoms with Crippen molar-refractivity contribution in [1.82, 2.24) is 0 Å². The number of rotatable bonds is 12. The van der Waals surface area contributed by atoms with E-state index >= 15 is 0 Å². The molecule has 0 amide bonds. The molecule has 0 bridgehead atoms. The van der Waals surface area contributed by atoms with Gasteiger partial charge >= 0.3 is 0 Å². The second kappa shape index (κ2) is 11.8. The first-order chi connectivity index (χ1) is 10.2. The normalized spacial score (nSPS) is 12.5. The van der Waals surface area contributed by atoms with Crippen LogP contribution in [-0.4, -0.2) is 6.04 Å². The molecule has 0 saturated carbocycles. The van der Waals surface area contributed by atoms with Crippen LogP contribution in [-0.2, 0) is 6.42 Å². The van der Waals surface area contributed by atoms with Gasteiger partial charge in [-0.25, -0.2) is 0 Å². The first-order valence-electron chi connectivity index (χ1n) is 9.03. The highest BCUT2D eigenvalue weighted by Gasteiger charge is 2.04. The summed E-state index contributed by atoms with van der Waals surface area (Å²) in [4.78, 5) is 0. The zero-order valence-corrected chi connectivity index (χ0v) is 14.2. The van der Waals surface area contributed by atoms with Crippen molar-refractivity contribution < 1.29 is 0 Å². The van der Waals surface area contributed by atoms with Crippen LogP contribution in [0.3, 0.4) is 0 Å². The molecule has 120 valence electrons. The first kappa shape index (κ1) is 18.2. The molecule has 0 aromatic heterocycles. The molecule has 0 spiro atoms. The second-order valence-corrected chi connectivity index (χ2v) is 6.57. The van der Waals surface area contributed by atoms with Gasteiger partial charge in [0.05, 0.1) is 0 Å². The monoisotopic (exact) mass is 289 g/mol. The van der Waals surface area contributed by atoms with E-state index in [4.69, 9.17) is 5.73 Å². The Morgan fingerprint density at radius 1 is 0.905 bits per heavy atom. The standard InChI is InChI=1S/C20H35N/c1-3-4-5-6-7-8-9-10-11-15-20(21)17-19-14-12-13-18(2)16-19/h12-14,16,20H,3-11,15,17,21H2,1-2H3. The summed E-state index contributed by atoms with van der Waals surface area (Å²) in [6, 6.07) is 9.07. The van der Waals surface area contributed by atoms with Gasteiger partial charge in [0.25, 0.3) is 0 Å². The van der Waals surface area contributed by atoms with E-state index < -0.39 is 0 Å². The maximum atomic E-state index is 6.25. The molecular weight excluding hydrogens is 254 g/mol. The molecule has 0 saturated heterocycles. The minimum absolute atomic E-state index is 0.330. The molecule has 0 aliphatic carbocycles. The summed E-state index contributed by atoms with van der Waals surface area (Å²) in [7, 11) is 0. The molecule has 1 heteroatoms. The smallest absolute Gasteiger partial charge is 0.00793 e. The van der Waals surface area contributed by atoms with Crippen LogP contribution in [0.25, 0.3) is 0 Å². The molecule has 1 aromatic rings. The predicted octanol–water partition coefficient (Wildman–Crippen LogP) is 5.79. The van der Waals surface area contributed by atoms with Gasteiger partial charge in [0, 0.05) is 6.04 Å². The lowest BCUT2D eigenvalue weighted by Gasteiger charge is -2.12. The Labute approximate surface area is 132 Å². The van der Waals surface area contributed by atoms with Crippen LogP contribution in [0.2, 0.25) is 0 Å². The summed E-state index contributed by atoms with van der Waals surface area (Å²) in [5.41, 5.74) is 8.97. The Bertz CT molecular complexity index is 359. The fourth-order valence-corrected chi connectivity index (χ4v) is 2.96. The molecule has 1 atom stereocenters. The van der Waals surface area contributed by atoms with E-state index in [1.165, 1.54) is 75.3 Å². The topological polar surface area (TPSA) is 26.0 Å². The van der Waals surface area contributed by atoms with Crippen LogP contribution in [0, 0.1) is 6.92 Å². The van der Waals surface area contributed by atoms with Crippen LogP contribution in [0.5, 0.6) is 0 Å². The molecule has 0 fully saturated rings. The van der Waals surface area contributed by atoms with E-state index in [0.29, 0.717) is 6.04 Å². The number of benzene rings is 1. The van der Waals surface area contributed by atoms with Gasteiger partial charge in [-0.3, -0.25) is 0 Å². The Balaban J connectivity index is 1.97. The lowest BCUT2D eigenvalue weighted by molar-refractivity contribution is 0.522. The number of aryl methyl sites for hydroxylation is 1. The summed E-state index contributed by atoms with van der Waals surface area (Å²) < 4.78 is 0. The zero-order valence-electron chi connectivity index (χ0n) is 14.2. The van der Waals surface area contributed by atoms with Gasteiger partial charge in [0.15, 0.2) is 0 Å². The molecule has 0 heterocycles. The lowest BCUT2D eigenvalue weighted by Crippen LogP contribution is -2.22. The average molecular weight is 290 g/mol. The van der Waals surface area contributed by atoms with Crippen molar-refractivity contribution >= 4 is 0 Å². The van der Waals surface area contributed by atoms with Gasteiger partial charge in [-0.05, 0) is 25.3 Å². The maximum Gasteiger partial charge on any atom is 0.00793 e. The molecule has 0 aliphatic rings. The van der Waals surface area contributed by atoms with E-state index in [2.05, 4.69) is 38.1 Å². The maximum absolute atomic E-state index is 6.25. The van der Waals surface area contributed by atoms with Gasteiger partial charge < -0.3 is 5.73 Å². The van der Waals surface area contributed by atoms with Gasteiger partial charge in [-0.2, -0.15) is 0 Å². The molecule has 1 aromatic carbocycles. The van der Waals surface area contributed by atoms with E-state index in [9.17, 15) is 0 Å². The Morgan fingerprint density at radius 2 is 1.52 bits per heavy atom. The molecule has 2 N–H and O–H groups in total. The minimum Gasteiger partial charge on any atom is -0.327 e. The molecule has 0 radical (unpaired) electrons. The third-order valence-corrected chi connectivity index (χ3v) is 4.26. The molecule has 1 rings (SSSR count). The largest absolute Gasteiger partial charge is 0.327 e. The van der Waals surface area contributed by atoms with Gasteiger partial charge in [-0.1, -0.05) is 94.5 Å². The molecule has 1 unspecified atom stereocenters.